The first kappa shape index (κ1) is 24.0. The molecule has 2 aromatic heterocycles. The lowest BCUT2D eigenvalue weighted by Crippen LogP contribution is -2.13. The Balaban J connectivity index is 2.14. The molecule has 0 saturated heterocycles. The molecular formula is C26H24F2N4O3. The summed E-state index contributed by atoms with van der Waals surface area (Å²) < 4.78 is 47.0. The minimum atomic E-state index is -0.731. The molecule has 0 fully saturated rings. The zero-order valence-electron chi connectivity index (χ0n) is 20.0. The summed E-state index contributed by atoms with van der Waals surface area (Å²) in [7, 11) is 8.27. The average molecular weight is 478 g/mol. The third-order valence-electron chi connectivity index (χ3n) is 5.64. The van der Waals surface area contributed by atoms with Crippen LogP contribution in [-0.2, 0) is 6.54 Å². The lowest BCUT2D eigenvalue weighted by Gasteiger charge is -2.19. The fourth-order valence-corrected chi connectivity index (χ4v) is 4.19. The predicted octanol–water partition coefficient (Wildman–Crippen LogP) is 4.91. The third kappa shape index (κ3) is 4.13. The van der Waals surface area contributed by atoms with Crippen molar-refractivity contribution < 1.29 is 23.0 Å². The van der Waals surface area contributed by atoms with Gasteiger partial charge in [-0.3, -0.25) is 4.40 Å². The summed E-state index contributed by atoms with van der Waals surface area (Å²) >= 11 is 0. The van der Waals surface area contributed by atoms with Crippen molar-refractivity contribution in [1.29, 1.82) is 5.26 Å². The van der Waals surface area contributed by atoms with Crippen LogP contribution in [0.2, 0.25) is 0 Å². The number of hydrogen-bond acceptors (Lipinski definition) is 6. The van der Waals surface area contributed by atoms with Crippen molar-refractivity contribution in [2.45, 2.75) is 6.54 Å². The van der Waals surface area contributed by atoms with Crippen molar-refractivity contribution in [3.8, 4) is 45.7 Å². The highest BCUT2D eigenvalue weighted by atomic mass is 19.1. The number of imidazole rings is 1. The van der Waals surface area contributed by atoms with Crippen LogP contribution in [0.5, 0.6) is 17.2 Å². The molecular weight excluding hydrogens is 454 g/mol. The Labute approximate surface area is 201 Å². The van der Waals surface area contributed by atoms with E-state index in [0.717, 1.165) is 11.8 Å². The summed E-state index contributed by atoms with van der Waals surface area (Å²) in [4.78, 5) is 6.45. The molecule has 0 aliphatic carbocycles. The molecule has 0 unspecified atom stereocenters. The van der Waals surface area contributed by atoms with E-state index in [0.29, 0.717) is 46.3 Å². The number of ether oxygens (including phenoxy) is 3. The van der Waals surface area contributed by atoms with E-state index in [1.165, 1.54) is 33.5 Å². The van der Waals surface area contributed by atoms with Crippen molar-refractivity contribution >= 4 is 5.65 Å². The quantitative estimate of drug-likeness (QED) is 0.376. The van der Waals surface area contributed by atoms with Crippen molar-refractivity contribution in [1.82, 2.24) is 14.3 Å². The number of hydrogen-bond donors (Lipinski definition) is 0. The number of benzene rings is 2. The molecule has 35 heavy (non-hydrogen) atoms. The van der Waals surface area contributed by atoms with Gasteiger partial charge in [-0.1, -0.05) is 0 Å². The Morgan fingerprint density at radius 1 is 0.943 bits per heavy atom. The number of aromatic nitrogens is 2. The molecule has 0 N–H and O–H groups in total. The van der Waals surface area contributed by atoms with Crippen LogP contribution >= 0.6 is 0 Å². The molecule has 2 aromatic carbocycles. The molecule has 0 aliphatic rings. The Bertz CT molecular complexity index is 1460. The van der Waals surface area contributed by atoms with Crippen LogP contribution in [0, 0.1) is 23.0 Å². The normalized spacial score (nSPS) is 11.1. The largest absolute Gasteiger partial charge is 0.493 e. The molecule has 4 aromatic rings. The molecule has 0 aliphatic heterocycles. The number of rotatable bonds is 7. The summed E-state index contributed by atoms with van der Waals surface area (Å²) in [5.74, 6) is -0.268. The van der Waals surface area contributed by atoms with Crippen LogP contribution in [0.3, 0.4) is 0 Å². The molecule has 180 valence electrons. The molecule has 0 amide bonds. The molecule has 2 heterocycles. The maximum atomic E-state index is 15.0. The Morgan fingerprint density at radius 2 is 1.66 bits per heavy atom. The topological polar surface area (TPSA) is 72.0 Å². The molecule has 7 nitrogen and oxygen atoms in total. The molecule has 0 radical (unpaired) electrons. The lowest BCUT2D eigenvalue weighted by atomic mass is 9.96. The SMILES string of the molecule is COc1ccc(-c2cc(-c3ccc(F)cc3F)n3c(CN(C)C)cnc3c2C#N)c(OC)c1OC. The van der Waals surface area contributed by atoms with E-state index in [4.69, 9.17) is 14.2 Å². The lowest BCUT2D eigenvalue weighted by molar-refractivity contribution is 0.325. The Hall–Kier alpha value is -4.16. The van der Waals surface area contributed by atoms with Gasteiger partial charge in [0.15, 0.2) is 17.1 Å². The number of nitriles is 1. The van der Waals surface area contributed by atoms with Crippen molar-refractivity contribution in [2.24, 2.45) is 0 Å². The van der Waals surface area contributed by atoms with E-state index in [9.17, 15) is 9.65 Å². The number of nitrogens with zero attached hydrogens (tertiary/aromatic N) is 4. The van der Waals surface area contributed by atoms with Gasteiger partial charge in [-0.2, -0.15) is 5.26 Å². The van der Waals surface area contributed by atoms with Crippen molar-refractivity contribution in [3.05, 3.63) is 65.5 Å². The van der Waals surface area contributed by atoms with Gasteiger partial charge in [-0.15, -0.1) is 0 Å². The van der Waals surface area contributed by atoms with Crippen molar-refractivity contribution in [2.75, 3.05) is 35.4 Å². The van der Waals surface area contributed by atoms with Gasteiger partial charge in [-0.05, 0) is 44.4 Å². The van der Waals surface area contributed by atoms with E-state index in [1.54, 1.807) is 28.8 Å². The molecule has 0 saturated carbocycles. The predicted molar refractivity (Wildman–Crippen MR) is 128 cm³/mol. The molecule has 4 rings (SSSR count). The first-order valence-corrected chi connectivity index (χ1v) is 10.7. The van der Waals surface area contributed by atoms with Gasteiger partial charge in [0, 0.05) is 29.3 Å². The van der Waals surface area contributed by atoms with Gasteiger partial charge in [0.2, 0.25) is 5.75 Å². The van der Waals surface area contributed by atoms with Gasteiger partial charge < -0.3 is 19.1 Å². The van der Waals surface area contributed by atoms with Gasteiger partial charge in [0.1, 0.15) is 23.3 Å². The van der Waals surface area contributed by atoms with E-state index in [-0.39, 0.29) is 11.1 Å². The second-order valence-electron chi connectivity index (χ2n) is 8.08. The number of methoxy groups -OCH3 is 3. The Kier molecular flexibility index (Phi) is 6.58. The molecule has 0 spiro atoms. The van der Waals surface area contributed by atoms with E-state index >= 15 is 4.39 Å². The van der Waals surface area contributed by atoms with Gasteiger partial charge in [0.05, 0.1) is 38.9 Å². The number of halogens is 2. The number of pyridine rings is 1. The first-order chi connectivity index (χ1) is 16.8. The minimum Gasteiger partial charge on any atom is -0.493 e. The summed E-state index contributed by atoms with van der Waals surface area (Å²) in [6, 6.07) is 10.8. The molecule has 0 bridgehead atoms. The zero-order chi connectivity index (χ0) is 25.3. The Morgan fingerprint density at radius 3 is 2.26 bits per heavy atom. The monoisotopic (exact) mass is 478 g/mol. The second-order valence-corrected chi connectivity index (χ2v) is 8.08. The highest BCUT2D eigenvalue weighted by Crippen LogP contribution is 2.46. The zero-order valence-corrected chi connectivity index (χ0v) is 20.0. The average Bonchev–Trinajstić information content (AvgIpc) is 3.25. The van der Waals surface area contributed by atoms with Crippen LogP contribution in [0.4, 0.5) is 8.78 Å². The molecule has 0 atom stereocenters. The fourth-order valence-electron chi connectivity index (χ4n) is 4.19. The van der Waals surface area contributed by atoms with Crippen LogP contribution in [0.1, 0.15) is 11.3 Å². The van der Waals surface area contributed by atoms with E-state index in [1.807, 2.05) is 19.0 Å². The third-order valence-corrected chi connectivity index (χ3v) is 5.64. The fraction of sp³-hybridized carbons (Fsp3) is 0.231. The van der Waals surface area contributed by atoms with Crippen LogP contribution < -0.4 is 14.2 Å². The first-order valence-electron chi connectivity index (χ1n) is 10.7. The highest BCUT2D eigenvalue weighted by Gasteiger charge is 2.25. The summed E-state index contributed by atoms with van der Waals surface area (Å²) in [5, 5.41) is 10.2. The maximum absolute atomic E-state index is 15.0. The summed E-state index contributed by atoms with van der Waals surface area (Å²) in [6.45, 7) is 0.487. The van der Waals surface area contributed by atoms with Gasteiger partial charge in [0.25, 0.3) is 0 Å². The standard InChI is InChI=1S/C26H24F2N4O3/c1-31(2)14-16-13-30-26-20(12-29)19(17-8-9-23(33-3)25(35-5)24(17)34-4)11-22(32(16)26)18-7-6-15(27)10-21(18)28/h6-11,13H,14H2,1-5H3. The van der Waals surface area contributed by atoms with Crippen LogP contribution in [0.15, 0.2) is 42.6 Å². The summed E-state index contributed by atoms with van der Waals surface area (Å²) in [5.41, 5.74) is 2.93. The van der Waals surface area contributed by atoms with Gasteiger partial charge >= 0.3 is 0 Å². The second kappa shape index (κ2) is 9.60. The van der Waals surface area contributed by atoms with E-state index < -0.39 is 11.6 Å². The number of fused-ring (bicyclic) bond motifs is 1. The molecule has 9 heteroatoms. The van der Waals surface area contributed by atoms with Crippen LogP contribution in [-0.4, -0.2) is 49.7 Å². The van der Waals surface area contributed by atoms with Crippen LogP contribution in [0.25, 0.3) is 28.0 Å². The highest BCUT2D eigenvalue weighted by molar-refractivity contribution is 5.87. The van der Waals surface area contributed by atoms with Gasteiger partial charge in [-0.25, -0.2) is 13.8 Å². The maximum Gasteiger partial charge on any atom is 0.203 e. The minimum absolute atomic E-state index is 0.166. The smallest absolute Gasteiger partial charge is 0.203 e. The van der Waals surface area contributed by atoms with Crippen molar-refractivity contribution in [3.63, 3.8) is 0 Å². The summed E-state index contributed by atoms with van der Waals surface area (Å²) in [6.07, 6.45) is 1.65. The van der Waals surface area contributed by atoms with E-state index in [2.05, 4.69) is 11.1 Å².